The van der Waals surface area contributed by atoms with Gasteiger partial charge in [0.15, 0.2) is 11.6 Å². The van der Waals surface area contributed by atoms with Crippen LogP contribution >= 0.6 is 0 Å². The molecule has 25 heavy (non-hydrogen) atoms. The van der Waals surface area contributed by atoms with E-state index in [9.17, 15) is 13.6 Å². The number of aromatic nitrogens is 2. The molecule has 0 unspecified atom stereocenters. The summed E-state index contributed by atoms with van der Waals surface area (Å²) in [7, 11) is 3.69. The molecule has 0 spiro atoms. The maximum Gasteiger partial charge on any atom is 0.274 e. The van der Waals surface area contributed by atoms with Gasteiger partial charge in [-0.15, -0.1) is 0 Å². The smallest absolute Gasteiger partial charge is 0.274 e. The summed E-state index contributed by atoms with van der Waals surface area (Å²) in [6, 6.07) is 4.11. The fourth-order valence-electron chi connectivity index (χ4n) is 2.71. The van der Waals surface area contributed by atoms with E-state index in [2.05, 4.69) is 9.97 Å². The van der Waals surface area contributed by atoms with Gasteiger partial charge in [0.05, 0.1) is 18.1 Å². The molecule has 1 aliphatic rings. The third-order valence-electron chi connectivity index (χ3n) is 4.15. The number of benzene rings is 1. The minimum Gasteiger partial charge on any atom is -0.366 e. The van der Waals surface area contributed by atoms with Gasteiger partial charge in [-0.1, -0.05) is 6.07 Å². The van der Waals surface area contributed by atoms with Crippen LogP contribution in [0.3, 0.4) is 0 Å². The normalized spacial score (nSPS) is 14.6. The summed E-state index contributed by atoms with van der Waals surface area (Å²) < 4.78 is 27.3. The van der Waals surface area contributed by atoms with Crippen molar-refractivity contribution in [3.05, 3.63) is 47.9 Å². The standard InChI is InChI=1S/C17H19F2N5O/c1-22(2)15-11-20-13(10-21-15)17(25)24-8-6-23(7-9-24)14-5-3-4-12(18)16(14)19/h3-5,10-11H,6-9H2,1-2H3. The van der Waals surface area contributed by atoms with Crippen LogP contribution in [0.5, 0.6) is 0 Å². The van der Waals surface area contributed by atoms with Crippen molar-refractivity contribution < 1.29 is 13.6 Å². The van der Waals surface area contributed by atoms with E-state index >= 15 is 0 Å². The zero-order valence-corrected chi connectivity index (χ0v) is 14.1. The van der Waals surface area contributed by atoms with Crippen molar-refractivity contribution in [1.29, 1.82) is 0 Å². The number of halogens is 2. The molecule has 0 radical (unpaired) electrons. The average Bonchev–Trinajstić information content (AvgIpc) is 2.64. The SMILES string of the molecule is CN(C)c1cnc(C(=O)N2CCN(c3cccc(F)c3F)CC2)cn1. The van der Waals surface area contributed by atoms with Crippen molar-refractivity contribution in [2.75, 3.05) is 50.1 Å². The Hall–Kier alpha value is -2.77. The number of carbonyl (C=O) groups is 1. The monoisotopic (exact) mass is 347 g/mol. The number of carbonyl (C=O) groups excluding carboxylic acids is 1. The zero-order chi connectivity index (χ0) is 18.0. The van der Waals surface area contributed by atoms with Crippen LogP contribution in [0, 0.1) is 11.6 Å². The number of amides is 1. The molecule has 8 heteroatoms. The molecular weight excluding hydrogens is 328 g/mol. The van der Waals surface area contributed by atoms with Crippen LogP contribution in [-0.2, 0) is 0 Å². The number of hydrogen-bond donors (Lipinski definition) is 0. The lowest BCUT2D eigenvalue weighted by molar-refractivity contribution is 0.0740. The number of rotatable bonds is 3. The van der Waals surface area contributed by atoms with E-state index in [-0.39, 0.29) is 17.3 Å². The van der Waals surface area contributed by atoms with Gasteiger partial charge in [0.25, 0.3) is 5.91 Å². The summed E-state index contributed by atoms with van der Waals surface area (Å²) in [6.07, 6.45) is 3.00. The van der Waals surface area contributed by atoms with Crippen molar-refractivity contribution in [3.63, 3.8) is 0 Å². The van der Waals surface area contributed by atoms with Crippen molar-refractivity contribution >= 4 is 17.4 Å². The predicted octanol–water partition coefficient (Wildman–Crippen LogP) is 1.78. The molecule has 0 aliphatic carbocycles. The molecular formula is C17H19F2N5O. The van der Waals surface area contributed by atoms with Crippen molar-refractivity contribution in [2.24, 2.45) is 0 Å². The van der Waals surface area contributed by atoms with Crippen molar-refractivity contribution in [1.82, 2.24) is 14.9 Å². The first-order valence-electron chi connectivity index (χ1n) is 7.95. The molecule has 132 valence electrons. The van der Waals surface area contributed by atoms with Crippen molar-refractivity contribution in [3.8, 4) is 0 Å². The summed E-state index contributed by atoms with van der Waals surface area (Å²) >= 11 is 0. The maximum absolute atomic E-state index is 13.9. The summed E-state index contributed by atoms with van der Waals surface area (Å²) in [5.41, 5.74) is 0.498. The van der Waals surface area contributed by atoms with E-state index in [0.29, 0.717) is 32.0 Å². The fraction of sp³-hybridized carbons (Fsp3) is 0.353. The molecule has 0 saturated carbocycles. The zero-order valence-electron chi connectivity index (χ0n) is 14.1. The van der Waals surface area contributed by atoms with E-state index in [1.54, 1.807) is 27.0 Å². The Balaban J connectivity index is 1.65. The van der Waals surface area contributed by atoms with Gasteiger partial charge < -0.3 is 14.7 Å². The highest BCUT2D eigenvalue weighted by Gasteiger charge is 2.25. The van der Waals surface area contributed by atoms with Gasteiger partial charge in [-0.3, -0.25) is 4.79 Å². The molecule has 6 nitrogen and oxygen atoms in total. The third-order valence-corrected chi connectivity index (χ3v) is 4.15. The van der Waals surface area contributed by atoms with Gasteiger partial charge >= 0.3 is 0 Å². The third kappa shape index (κ3) is 3.52. The molecule has 0 bridgehead atoms. The summed E-state index contributed by atoms with van der Waals surface area (Å²) in [5.74, 6) is -1.26. The Bertz CT molecular complexity index is 758. The lowest BCUT2D eigenvalue weighted by Crippen LogP contribution is -2.49. The van der Waals surface area contributed by atoms with Gasteiger partial charge in [-0.05, 0) is 12.1 Å². The summed E-state index contributed by atoms with van der Waals surface area (Å²) in [6.45, 7) is 1.67. The Morgan fingerprint density at radius 2 is 1.80 bits per heavy atom. The molecule has 0 N–H and O–H groups in total. The Morgan fingerprint density at radius 1 is 1.08 bits per heavy atom. The highest BCUT2D eigenvalue weighted by atomic mass is 19.2. The van der Waals surface area contributed by atoms with E-state index in [1.165, 1.54) is 12.3 Å². The van der Waals surface area contributed by atoms with E-state index in [4.69, 9.17) is 0 Å². The minimum absolute atomic E-state index is 0.211. The maximum atomic E-state index is 13.9. The highest BCUT2D eigenvalue weighted by molar-refractivity contribution is 5.92. The van der Waals surface area contributed by atoms with Crippen LogP contribution < -0.4 is 9.80 Å². The summed E-state index contributed by atoms with van der Waals surface area (Å²) in [4.78, 5) is 26.0. The number of nitrogens with zero attached hydrogens (tertiary/aromatic N) is 5. The molecule has 0 atom stereocenters. The van der Waals surface area contributed by atoms with Gasteiger partial charge in [0, 0.05) is 40.3 Å². The Morgan fingerprint density at radius 3 is 2.40 bits per heavy atom. The van der Waals surface area contributed by atoms with Crippen LogP contribution in [-0.4, -0.2) is 61.0 Å². The number of piperazine rings is 1. The molecule has 2 heterocycles. The molecule has 1 saturated heterocycles. The molecule has 1 aliphatic heterocycles. The quantitative estimate of drug-likeness (QED) is 0.847. The molecule has 3 rings (SSSR count). The average molecular weight is 347 g/mol. The minimum atomic E-state index is -0.868. The fourth-order valence-corrected chi connectivity index (χ4v) is 2.71. The van der Waals surface area contributed by atoms with E-state index < -0.39 is 11.6 Å². The number of anilines is 2. The van der Waals surface area contributed by atoms with Crippen molar-refractivity contribution in [2.45, 2.75) is 0 Å². The first-order valence-corrected chi connectivity index (χ1v) is 7.95. The Kier molecular flexibility index (Phi) is 4.78. The molecule has 1 aromatic carbocycles. The van der Waals surface area contributed by atoms with Gasteiger partial charge in [-0.2, -0.15) is 0 Å². The van der Waals surface area contributed by atoms with E-state index in [0.717, 1.165) is 6.07 Å². The van der Waals surface area contributed by atoms with Crippen LogP contribution in [0.15, 0.2) is 30.6 Å². The van der Waals surface area contributed by atoms with Crippen LogP contribution in [0.4, 0.5) is 20.3 Å². The number of hydrogen-bond acceptors (Lipinski definition) is 5. The lowest BCUT2D eigenvalue weighted by atomic mass is 10.2. The van der Waals surface area contributed by atoms with E-state index in [1.807, 2.05) is 14.1 Å². The molecule has 2 aromatic rings. The second kappa shape index (κ2) is 7.00. The first-order chi connectivity index (χ1) is 12.0. The highest BCUT2D eigenvalue weighted by Crippen LogP contribution is 2.23. The topological polar surface area (TPSA) is 52.6 Å². The van der Waals surface area contributed by atoms with Crippen LogP contribution in [0.1, 0.15) is 10.5 Å². The Labute approximate surface area is 144 Å². The largest absolute Gasteiger partial charge is 0.366 e. The second-order valence-electron chi connectivity index (χ2n) is 6.01. The van der Waals surface area contributed by atoms with Gasteiger partial charge in [0.2, 0.25) is 0 Å². The first kappa shape index (κ1) is 17.1. The molecule has 1 amide bonds. The summed E-state index contributed by atoms with van der Waals surface area (Å²) in [5, 5.41) is 0. The van der Waals surface area contributed by atoms with Crippen LogP contribution in [0.2, 0.25) is 0 Å². The van der Waals surface area contributed by atoms with Gasteiger partial charge in [-0.25, -0.2) is 18.7 Å². The molecule has 1 aromatic heterocycles. The second-order valence-corrected chi connectivity index (χ2v) is 6.01. The lowest BCUT2D eigenvalue weighted by Gasteiger charge is -2.36. The van der Waals surface area contributed by atoms with Crippen LogP contribution in [0.25, 0.3) is 0 Å². The molecule has 1 fully saturated rings. The predicted molar refractivity (Wildman–Crippen MR) is 90.8 cm³/mol. The van der Waals surface area contributed by atoms with Gasteiger partial charge in [0.1, 0.15) is 11.5 Å².